The lowest BCUT2D eigenvalue weighted by Crippen LogP contribution is -2.17. The second kappa shape index (κ2) is 7.49. The standard InChI is InChI=1S/C14H27N3/c1-5-6-7-8-9-10-14(15-3)13-11-16-17(4)12(13)2/h11,14-15H,5-10H2,1-4H3. The average Bonchev–Trinajstić information content (AvgIpc) is 2.66. The van der Waals surface area contributed by atoms with Gasteiger partial charge in [0.15, 0.2) is 0 Å². The molecule has 0 saturated heterocycles. The van der Waals surface area contributed by atoms with Gasteiger partial charge in [0.25, 0.3) is 0 Å². The summed E-state index contributed by atoms with van der Waals surface area (Å²) in [6.45, 7) is 4.40. The third-order valence-corrected chi connectivity index (χ3v) is 3.59. The second-order valence-electron chi connectivity index (χ2n) is 4.85. The molecule has 3 heteroatoms. The molecule has 0 spiro atoms. The zero-order valence-corrected chi connectivity index (χ0v) is 11.8. The van der Waals surface area contributed by atoms with E-state index in [0.717, 1.165) is 0 Å². The molecule has 1 N–H and O–H groups in total. The van der Waals surface area contributed by atoms with Crippen LogP contribution in [-0.4, -0.2) is 16.8 Å². The molecule has 1 rings (SSSR count). The van der Waals surface area contributed by atoms with E-state index in [9.17, 15) is 0 Å². The molecule has 1 aromatic heterocycles. The van der Waals surface area contributed by atoms with Crippen molar-refractivity contribution in [3.05, 3.63) is 17.5 Å². The molecule has 0 saturated carbocycles. The fourth-order valence-corrected chi connectivity index (χ4v) is 2.27. The predicted molar refractivity (Wildman–Crippen MR) is 73.1 cm³/mol. The van der Waals surface area contributed by atoms with Crippen LogP contribution < -0.4 is 5.32 Å². The van der Waals surface area contributed by atoms with Crippen LogP contribution in [0.5, 0.6) is 0 Å². The summed E-state index contributed by atoms with van der Waals surface area (Å²) < 4.78 is 1.96. The minimum atomic E-state index is 0.463. The molecule has 0 aliphatic rings. The highest BCUT2D eigenvalue weighted by molar-refractivity contribution is 5.20. The minimum absolute atomic E-state index is 0.463. The Balaban J connectivity index is 2.41. The molecule has 98 valence electrons. The van der Waals surface area contributed by atoms with E-state index in [2.05, 4.69) is 24.3 Å². The SMILES string of the molecule is CCCCCCCC(NC)c1cnn(C)c1C. The number of unbranched alkanes of at least 4 members (excludes halogenated alkanes) is 4. The lowest BCUT2D eigenvalue weighted by Gasteiger charge is -2.15. The van der Waals surface area contributed by atoms with Gasteiger partial charge in [-0.25, -0.2) is 0 Å². The van der Waals surface area contributed by atoms with Gasteiger partial charge in [-0.15, -0.1) is 0 Å². The van der Waals surface area contributed by atoms with Crippen LogP contribution in [0.2, 0.25) is 0 Å². The molecule has 0 bridgehead atoms. The highest BCUT2D eigenvalue weighted by Gasteiger charge is 2.14. The van der Waals surface area contributed by atoms with Crippen LogP contribution in [0.3, 0.4) is 0 Å². The predicted octanol–water partition coefficient (Wildman–Crippen LogP) is 3.35. The van der Waals surface area contributed by atoms with E-state index in [-0.39, 0.29) is 0 Å². The van der Waals surface area contributed by atoms with Crippen molar-refractivity contribution in [2.45, 2.75) is 58.4 Å². The number of aromatic nitrogens is 2. The van der Waals surface area contributed by atoms with Gasteiger partial charge in [0.1, 0.15) is 0 Å². The van der Waals surface area contributed by atoms with E-state index in [0.29, 0.717) is 6.04 Å². The quantitative estimate of drug-likeness (QED) is 0.703. The molecule has 0 radical (unpaired) electrons. The van der Waals surface area contributed by atoms with E-state index in [4.69, 9.17) is 0 Å². The Kier molecular flexibility index (Phi) is 6.27. The topological polar surface area (TPSA) is 29.9 Å². The van der Waals surface area contributed by atoms with Gasteiger partial charge in [-0.2, -0.15) is 5.10 Å². The van der Waals surface area contributed by atoms with Crippen LogP contribution in [0.25, 0.3) is 0 Å². The summed E-state index contributed by atoms with van der Waals surface area (Å²) >= 11 is 0. The lowest BCUT2D eigenvalue weighted by atomic mass is 10.0. The molecule has 0 fully saturated rings. The number of nitrogens with zero attached hydrogens (tertiary/aromatic N) is 2. The Bertz CT molecular complexity index is 317. The van der Waals surface area contributed by atoms with Crippen LogP contribution in [0.15, 0.2) is 6.20 Å². The van der Waals surface area contributed by atoms with Gasteiger partial charge < -0.3 is 5.32 Å². The van der Waals surface area contributed by atoms with Gasteiger partial charge in [-0.3, -0.25) is 4.68 Å². The molecule has 3 nitrogen and oxygen atoms in total. The molecule has 0 aliphatic heterocycles. The van der Waals surface area contributed by atoms with Gasteiger partial charge in [-0.1, -0.05) is 39.0 Å². The van der Waals surface area contributed by atoms with Crippen molar-refractivity contribution in [2.24, 2.45) is 7.05 Å². The molecule has 1 unspecified atom stereocenters. The highest BCUT2D eigenvalue weighted by atomic mass is 15.3. The Morgan fingerprint density at radius 1 is 1.29 bits per heavy atom. The van der Waals surface area contributed by atoms with Crippen molar-refractivity contribution in [3.8, 4) is 0 Å². The molecular weight excluding hydrogens is 210 g/mol. The maximum Gasteiger partial charge on any atom is 0.0540 e. The monoisotopic (exact) mass is 237 g/mol. The van der Waals surface area contributed by atoms with Crippen LogP contribution in [0.1, 0.15) is 62.7 Å². The van der Waals surface area contributed by atoms with Gasteiger partial charge in [0.05, 0.1) is 6.20 Å². The van der Waals surface area contributed by atoms with Crippen LogP contribution in [0, 0.1) is 6.92 Å². The fraction of sp³-hybridized carbons (Fsp3) is 0.786. The molecule has 0 aliphatic carbocycles. The number of nitrogens with one attached hydrogen (secondary N) is 1. The van der Waals surface area contributed by atoms with Crippen molar-refractivity contribution in [3.63, 3.8) is 0 Å². The number of aryl methyl sites for hydroxylation is 1. The molecule has 1 aromatic rings. The van der Waals surface area contributed by atoms with E-state index >= 15 is 0 Å². The van der Waals surface area contributed by atoms with E-state index < -0.39 is 0 Å². The fourth-order valence-electron chi connectivity index (χ4n) is 2.27. The van der Waals surface area contributed by atoms with Gasteiger partial charge in [-0.05, 0) is 20.4 Å². The van der Waals surface area contributed by atoms with Gasteiger partial charge >= 0.3 is 0 Å². The first-order valence-corrected chi connectivity index (χ1v) is 6.86. The smallest absolute Gasteiger partial charge is 0.0540 e. The molecule has 1 atom stereocenters. The zero-order valence-electron chi connectivity index (χ0n) is 11.8. The maximum absolute atomic E-state index is 4.32. The first-order chi connectivity index (χ1) is 8.20. The minimum Gasteiger partial charge on any atom is -0.313 e. The Labute approximate surface area is 106 Å². The first-order valence-electron chi connectivity index (χ1n) is 6.86. The molecular formula is C14H27N3. The molecule has 17 heavy (non-hydrogen) atoms. The molecule has 0 amide bonds. The van der Waals surface area contributed by atoms with Crippen molar-refractivity contribution in [1.29, 1.82) is 0 Å². The zero-order chi connectivity index (χ0) is 12.7. The summed E-state index contributed by atoms with van der Waals surface area (Å²) in [5, 5.41) is 7.73. The third-order valence-electron chi connectivity index (χ3n) is 3.59. The summed E-state index contributed by atoms with van der Waals surface area (Å²) in [4.78, 5) is 0. The average molecular weight is 237 g/mol. The van der Waals surface area contributed by atoms with Crippen molar-refractivity contribution < 1.29 is 0 Å². The molecule has 0 aromatic carbocycles. The summed E-state index contributed by atoms with van der Waals surface area (Å²) in [7, 11) is 4.05. The summed E-state index contributed by atoms with van der Waals surface area (Å²) in [5.74, 6) is 0. The van der Waals surface area contributed by atoms with Gasteiger partial charge in [0, 0.05) is 24.3 Å². The van der Waals surface area contributed by atoms with E-state index in [1.165, 1.54) is 49.8 Å². The normalized spacial score (nSPS) is 12.9. The summed E-state index contributed by atoms with van der Waals surface area (Å²) in [5.41, 5.74) is 2.63. The number of rotatable bonds is 8. The van der Waals surface area contributed by atoms with Crippen LogP contribution in [0.4, 0.5) is 0 Å². The third kappa shape index (κ3) is 4.15. The summed E-state index contributed by atoms with van der Waals surface area (Å²) in [6, 6.07) is 0.463. The molecule has 1 heterocycles. The first kappa shape index (κ1) is 14.2. The summed E-state index contributed by atoms with van der Waals surface area (Å²) in [6.07, 6.45) is 9.94. The lowest BCUT2D eigenvalue weighted by molar-refractivity contribution is 0.498. The van der Waals surface area contributed by atoms with E-state index in [1.54, 1.807) is 0 Å². The van der Waals surface area contributed by atoms with Crippen molar-refractivity contribution >= 4 is 0 Å². The number of hydrogen-bond acceptors (Lipinski definition) is 2. The van der Waals surface area contributed by atoms with Crippen LogP contribution >= 0.6 is 0 Å². The number of hydrogen-bond donors (Lipinski definition) is 1. The van der Waals surface area contributed by atoms with Crippen LogP contribution in [-0.2, 0) is 7.05 Å². The van der Waals surface area contributed by atoms with Gasteiger partial charge in [0.2, 0.25) is 0 Å². The Morgan fingerprint density at radius 2 is 2.00 bits per heavy atom. The maximum atomic E-state index is 4.32. The van der Waals surface area contributed by atoms with Crippen molar-refractivity contribution in [2.75, 3.05) is 7.05 Å². The largest absolute Gasteiger partial charge is 0.313 e. The second-order valence-corrected chi connectivity index (χ2v) is 4.85. The van der Waals surface area contributed by atoms with Crippen molar-refractivity contribution in [1.82, 2.24) is 15.1 Å². The highest BCUT2D eigenvalue weighted by Crippen LogP contribution is 2.22. The Hall–Kier alpha value is -0.830. The van der Waals surface area contributed by atoms with E-state index in [1.807, 2.05) is 25.0 Å². The Morgan fingerprint density at radius 3 is 2.53 bits per heavy atom.